The molecule has 0 spiro atoms. The molecule has 2 nitrogen and oxygen atoms in total. The Morgan fingerprint density at radius 1 is 1.22 bits per heavy atom. The van der Waals surface area contributed by atoms with Gasteiger partial charge in [-0.2, -0.15) is 0 Å². The molecule has 0 aromatic carbocycles. The van der Waals surface area contributed by atoms with E-state index in [0.29, 0.717) is 18.2 Å². The van der Waals surface area contributed by atoms with Crippen LogP contribution < -0.4 is 5.32 Å². The van der Waals surface area contributed by atoms with Gasteiger partial charge in [0.25, 0.3) is 0 Å². The van der Waals surface area contributed by atoms with Crippen molar-refractivity contribution < 1.29 is 4.74 Å². The summed E-state index contributed by atoms with van der Waals surface area (Å²) in [6.07, 6.45) is 10.3. The number of ether oxygens (including phenoxy) is 1. The Kier molecular flexibility index (Phi) is 5.50. The van der Waals surface area contributed by atoms with E-state index in [9.17, 15) is 0 Å². The van der Waals surface area contributed by atoms with E-state index in [1.807, 2.05) is 0 Å². The molecule has 2 bridgehead atoms. The molecule has 2 rings (SSSR count). The molecule has 0 amide bonds. The molecule has 5 unspecified atom stereocenters. The van der Waals surface area contributed by atoms with Crippen molar-refractivity contribution in [2.45, 2.75) is 84.0 Å². The Morgan fingerprint density at radius 2 is 2.06 bits per heavy atom. The average molecular weight is 253 g/mol. The van der Waals surface area contributed by atoms with Crippen molar-refractivity contribution in [2.75, 3.05) is 6.54 Å². The van der Waals surface area contributed by atoms with Gasteiger partial charge < -0.3 is 10.1 Å². The highest BCUT2D eigenvalue weighted by Gasteiger charge is 2.44. The van der Waals surface area contributed by atoms with Crippen molar-refractivity contribution in [3.63, 3.8) is 0 Å². The van der Waals surface area contributed by atoms with Gasteiger partial charge in [-0.3, -0.25) is 0 Å². The Hall–Kier alpha value is -0.0800. The van der Waals surface area contributed by atoms with E-state index in [0.717, 1.165) is 18.4 Å². The number of nitrogens with one attached hydrogen (secondary N) is 1. The van der Waals surface area contributed by atoms with Gasteiger partial charge in [0.1, 0.15) is 0 Å². The molecule has 2 saturated heterocycles. The summed E-state index contributed by atoms with van der Waals surface area (Å²) in [4.78, 5) is 0. The summed E-state index contributed by atoms with van der Waals surface area (Å²) >= 11 is 0. The first kappa shape index (κ1) is 14.3. The van der Waals surface area contributed by atoms with Gasteiger partial charge in [0, 0.05) is 12.0 Å². The van der Waals surface area contributed by atoms with E-state index >= 15 is 0 Å². The van der Waals surface area contributed by atoms with E-state index in [1.165, 1.54) is 44.9 Å². The first-order valence-corrected chi connectivity index (χ1v) is 8.13. The predicted molar refractivity (Wildman–Crippen MR) is 76.8 cm³/mol. The molecule has 2 heterocycles. The lowest BCUT2D eigenvalue weighted by Gasteiger charge is -2.31. The maximum atomic E-state index is 6.05. The number of fused-ring (bicyclic) bond motifs is 2. The van der Waals surface area contributed by atoms with Gasteiger partial charge in [-0.25, -0.2) is 0 Å². The Balaban J connectivity index is 1.87. The Bertz CT molecular complexity index is 243. The molecule has 0 aliphatic carbocycles. The van der Waals surface area contributed by atoms with Crippen molar-refractivity contribution in [1.82, 2.24) is 5.32 Å². The third-order valence-electron chi connectivity index (χ3n) is 4.76. The maximum Gasteiger partial charge on any atom is 0.0623 e. The van der Waals surface area contributed by atoms with Gasteiger partial charge in [-0.05, 0) is 44.6 Å². The van der Waals surface area contributed by atoms with Crippen LogP contribution in [0.15, 0.2) is 0 Å². The van der Waals surface area contributed by atoms with Crippen LogP contribution in [0.4, 0.5) is 0 Å². The zero-order valence-corrected chi connectivity index (χ0v) is 12.5. The zero-order chi connectivity index (χ0) is 13.0. The second kappa shape index (κ2) is 6.91. The summed E-state index contributed by atoms with van der Waals surface area (Å²) in [5, 5.41) is 3.81. The molecule has 0 radical (unpaired) electrons. The van der Waals surface area contributed by atoms with E-state index in [-0.39, 0.29) is 0 Å². The van der Waals surface area contributed by atoms with Crippen LogP contribution in [-0.4, -0.2) is 24.8 Å². The van der Waals surface area contributed by atoms with Crippen molar-refractivity contribution in [3.05, 3.63) is 0 Å². The van der Waals surface area contributed by atoms with Crippen LogP contribution in [0.2, 0.25) is 0 Å². The third-order valence-corrected chi connectivity index (χ3v) is 4.76. The number of hydrogen-bond donors (Lipinski definition) is 1. The van der Waals surface area contributed by atoms with E-state index in [2.05, 4.69) is 26.1 Å². The van der Waals surface area contributed by atoms with Crippen molar-refractivity contribution in [2.24, 2.45) is 11.8 Å². The van der Waals surface area contributed by atoms with Gasteiger partial charge in [-0.15, -0.1) is 0 Å². The van der Waals surface area contributed by atoms with Gasteiger partial charge in [-0.1, -0.05) is 33.6 Å². The topological polar surface area (TPSA) is 21.3 Å². The Labute approximate surface area is 113 Å². The van der Waals surface area contributed by atoms with Crippen molar-refractivity contribution >= 4 is 0 Å². The number of hydrogen-bond acceptors (Lipinski definition) is 2. The lowest BCUT2D eigenvalue weighted by atomic mass is 9.80. The molecule has 5 atom stereocenters. The lowest BCUT2D eigenvalue weighted by molar-refractivity contribution is 0.0834. The fourth-order valence-electron chi connectivity index (χ4n) is 3.88. The lowest BCUT2D eigenvalue weighted by Crippen LogP contribution is -2.42. The minimum Gasteiger partial charge on any atom is -0.375 e. The number of rotatable bonds is 8. The van der Waals surface area contributed by atoms with Crippen LogP contribution in [0.3, 0.4) is 0 Å². The first-order chi connectivity index (χ1) is 8.74. The van der Waals surface area contributed by atoms with Crippen LogP contribution in [0.1, 0.15) is 65.7 Å². The summed E-state index contributed by atoms with van der Waals surface area (Å²) in [6.45, 7) is 8.14. The van der Waals surface area contributed by atoms with E-state index in [4.69, 9.17) is 4.74 Å². The summed E-state index contributed by atoms with van der Waals surface area (Å²) in [5.41, 5.74) is 0. The second-order valence-corrected chi connectivity index (χ2v) is 6.46. The minimum absolute atomic E-state index is 0.568. The third kappa shape index (κ3) is 3.48. The fraction of sp³-hybridized carbons (Fsp3) is 1.00. The molecule has 106 valence electrons. The summed E-state index contributed by atoms with van der Waals surface area (Å²) in [7, 11) is 0. The molecular formula is C16H31NO. The maximum absolute atomic E-state index is 6.05. The van der Waals surface area contributed by atoms with Crippen molar-refractivity contribution in [3.8, 4) is 0 Å². The zero-order valence-electron chi connectivity index (χ0n) is 12.5. The first-order valence-electron chi connectivity index (χ1n) is 8.13. The largest absolute Gasteiger partial charge is 0.375 e. The predicted octanol–water partition coefficient (Wildman–Crippen LogP) is 3.75. The highest BCUT2D eigenvalue weighted by Crippen LogP contribution is 2.41. The fourth-order valence-corrected chi connectivity index (χ4v) is 3.88. The van der Waals surface area contributed by atoms with Gasteiger partial charge in [0.15, 0.2) is 0 Å². The monoisotopic (exact) mass is 253 g/mol. The standard InChI is InChI=1S/C16H31NO/c1-4-6-12(3)10-15(17-9-5-2)14-11-13-7-8-16(14)18-13/h12-17H,4-11H2,1-3H3. The van der Waals surface area contributed by atoms with Crippen molar-refractivity contribution in [1.29, 1.82) is 0 Å². The minimum atomic E-state index is 0.568. The summed E-state index contributed by atoms with van der Waals surface area (Å²) in [5.74, 6) is 1.64. The van der Waals surface area contributed by atoms with Crippen LogP contribution in [-0.2, 0) is 4.74 Å². The summed E-state index contributed by atoms with van der Waals surface area (Å²) in [6, 6.07) is 0.696. The molecule has 1 N–H and O–H groups in total. The van der Waals surface area contributed by atoms with Gasteiger partial charge >= 0.3 is 0 Å². The quantitative estimate of drug-likeness (QED) is 0.711. The van der Waals surface area contributed by atoms with E-state index < -0.39 is 0 Å². The molecule has 2 aliphatic heterocycles. The molecule has 2 aliphatic rings. The summed E-state index contributed by atoms with van der Waals surface area (Å²) < 4.78 is 6.05. The van der Waals surface area contributed by atoms with E-state index in [1.54, 1.807) is 0 Å². The van der Waals surface area contributed by atoms with Crippen LogP contribution >= 0.6 is 0 Å². The molecule has 0 aromatic rings. The highest BCUT2D eigenvalue weighted by molar-refractivity contribution is 4.95. The molecule has 2 fully saturated rings. The second-order valence-electron chi connectivity index (χ2n) is 6.46. The molecule has 0 saturated carbocycles. The molecule has 0 aromatic heterocycles. The van der Waals surface area contributed by atoms with Crippen LogP contribution in [0.25, 0.3) is 0 Å². The van der Waals surface area contributed by atoms with Crippen LogP contribution in [0, 0.1) is 11.8 Å². The Morgan fingerprint density at radius 3 is 2.61 bits per heavy atom. The normalized spacial score (nSPS) is 33.8. The molecule has 2 heteroatoms. The average Bonchev–Trinajstić information content (AvgIpc) is 2.96. The SMILES string of the molecule is CCCNC(CC(C)CCC)C1CC2CCC1O2. The van der Waals surface area contributed by atoms with Gasteiger partial charge in [0.05, 0.1) is 12.2 Å². The van der Waals surface area contributed by atoms with Crippen LogP contribution in [0.5, 0.6) is 0 Å². The van der Waals surface area contributed by atoms with Gasteiger partial charge in [0.2, 0.25) is 0 Å². The molecule has 18 heavy (non-hydrogen) atoms. The molecular weight excluding hydrogens is 222 g/mol. The smallest absolute Gasteiger partial charge is 0.0623 e. The highest BCUT2D eigenvalue weighted by atomic mass is 16.5.